The first-order valence-corrected chi connectivity index (χ1v) is 7.95. The molecule has 5 heteroatoms. The molecule has 0 fully saturated rings. The molecule has 0 bridgehead atoms. The topological polar surface area (TPSA) is 41.6 Å². The molecular formula is C15H12BrN3S. The molecule has 3 aromatic rings. The Morgan fingerprint density at radius 1 is 1.25 bits per heavy atom. The molecule has 0 aliphatic carbocycles. The summed E-state index contributed by atoms with van der Waals surface area (Å²) >= 11 is 5.07. The third-order valence-electron chi connectivity index (χ3n) is 2.71. The summed E-state index contributed by atoms with van der Waals surface area (Å²) in [5, 5.41) is 0.892. The van der Waals surface area contributed by atoms with Gasteiger partial charge in [-0.2, -0.15) is 0 Å². The standard InChI is InChI=1S/C15H12BrN3S/c16-12-9-13-14(17-10-12)19-15(18-13)20-8-4-7-11-5-2-1-3-6-11/h1-7,9-10H,8H2,(H,17,18,19). The minimum Gasteiger partial charge on any atom is -0.331 e. The summed E-state index contributed by atoms with van der Waals surface area (Å²) in [5.74, 6) is 0.871. The van der Waals surface area contributed by atoms with E-state index in [1.54, 1.807) is 18.0 Å². The number of nitrogens with one attached hydrogen (secondary N) is 1. The van der Waals surface area contributed by atoms with Crippen LogP contribution in [0.1, 0.15) is 5.56 Å². The predicted molar refractivity (Wildman–Crippen MR) is 87.8 cm³/mol. The summed E-state index contributed by atoms with van der Waals surface area (Å²) in [6.07, 6.45) is 6.01. The Kier molecular flexibility index (Phi) is 4.18. The average molecular weight is 346 g/mol. The van der Waals surface area contributed by atoms with E-state index in [0.29, 0.717) is 0 Å². The predicted octanol–water partition coefficient (Wildman–Crippen LogP) is 4.53. The van der Waals surface area contributed by atoms with E-state index in [0.717, 1.165) is 26.5 Å². The minimum atomic E-state index is 0.753. The molecule has 0 aliphatic rings. The number of rotatable bonds is 4. The molecule has 0 saturated heterocycles. The fourth-order valence-corrected chi connectivity index (χ4v) is 2.81. The third kappa shape index (κ3) is 3.29. The molecule has 0 spiro atoms. The van der Waals surface area contributed by atoms with Crippen molar-refractivity contribution < 1.29 is 0 Å². The van der Waals surface area contributed by atoms with Gasteiger partial charge in [-0.05, 0) is 27.6 Å². The monoisotopic (exact) mass is 345 g/mol. The number of halogens is 1. The van der Waals surface area contributed by atoms with Crippen molar-refractivity contribution in [3.63, 3.8) is 0 Å². The number of H-pyrrole nitrogens is 1. The number of pyridine rings is 1. The number of nitrogens with zero attached hydrogens (tertiary/aromatic N) is 2. The van der Waals surface area contributed by atoms with Gasteiger partial charge in [-0.1, -0.05) is 54.2 Å². The normalized spacial score (nSPS) is 11.4. The van der Waals surface area contributed by atoms with Crippen LogP contribution < -0.4 is 0 Å². The molecule has 1 aromatic carbocycles. The second kappa shape index (κ2) is 6.24. The lowest BCUT2D eigenvalue weighted by atomic mass is 10.2. The lowest BCUT2D eigenvalue weighted by molar-refractivity contribution is 1.08. The highest BCUT2D eigenvalue weighted by Crippen LogP contribution is 2.20. The maximum absolute atomic E-state index is 4.44. The van der Waals surface area contributed by atoms with Crippen molar-refractivity contribution in [2.45, 2.75) is 5.16 Å². The zero-order valence-electron chi connectivity index (χ0n) is 10.6. The molecule has 2 aromatic heterocycles. The molecule has 0 saturated carbocycles. The molecule has 0 aliphatic heterocycles. The average Bonchev–Trinajstić information content (AvgIpc) is 2.86. The quantitative estimate of drug-likeness (QED) is 0.706. The summed E-state index contributed by atoms with van der Waals surface area (Å²) in [5.41, 5.74) is 2.92. The maximum atomic E-state index is 4.44. The van der Waals surface area contributed by atoms with Gasteiger partial charge in [-0.15, -0.1) is 0 Å². The maximum Gasteiger partial charge on any atom is 0.178 e. The Morgan fingerprint density at radius 3 is 2.95 bits per heavy atom. The van der Waals surface area contributed by atoms with Crippen LogP contribution in [0.5, 0.6) is 0 Å². The molecule has 100 valence electrons. The van der Waals surface area contributed by atoms with E-state index >= 15 is 0 Å². The summed E-state index contributed by atoms with van der Waals surface area (Å²) in [6.45, 7) is 0. The van der Waals surface area contributed by atoms with Crippen LogP contribution in [-0.4, -0.2) is 20.7 Å². The van der Waals surface area contributed by atoms with Crippen LogP contribution in [0.25, 0.3) is 17.2 Å². The molecule has 3 rings (SSSR count). The van der Waals surface area contributed by atoms with Crippen molar-refractivity contribution in [3.8, 4) is 0 Å². The molecule has 0 amide bonds. The second-order valence-electron chi connectivity index (χ2n) is 4.19. The van der Waals surface area contributed by atoms with Crippen LogP contribution >= 0.6 is 27.7 Å². The molecule has 1 N–H and O–H groups in total. The number of fused-ring (bicyclic) bond motifs is 1. The zero-order chi connectivity index (χ0) is 13.8. The lowest BCUT2D eigenvalue weighted by Gasteiger charge is -1.92. The van der Waals surface area contributed by atoms with Gasteiger partial charge < -0.3 is 4.98 Å². The number of hydrogen-bond acceptors (Lipinski definition) is 3. The highest BCUT2D eigenvalue weighted by molar-refractivity contribution is 9.10. The van der Waals surface area contributed by atoms with Gasteiger partial charge >= 0.3 is 0 Å². The van der Waals surface area contributed by atoms with E-state index < -0.39 is 0 Å². The molecular weight excluding hydrogens is 334 g/mol. The molecule has 20 heavy (non-hydrogen) atoms. The Bertz CT molecular complexity index is 737. The van der Waals surface area contributed by atoms with Gasteiger partial charge in [-0.25, -0.2) is 9.97 Å². The van der Waals surface area contributed by atoms with Crippen molar-refractivity contribution in [1.29, 1.82) is 0 Å². The number of hydrogen-bond donors (Lipinski definition) is 1. The van der Waals surface area contributed by atoms with Crippen molar-refractivity contribution in [1.82, 2.24) is 15.0 Å². The van der Waals surface area contributed by atoms with E-state index in [2.05, 4.69) is 55.2 Å². The van der Waals surface area contributed by atoms with Crippen LogP contribution in [-0.2, 0) is 0 Å². The van der Waals surface area contributed by atoms with Crippen LogP contribution in [0.4, 0.5) is 0 Å². The van der Waals surface area contributed by atoms with Crippen molar-refractivity contribution in [2.75, 3.05) is 5.75 Å². The van der Waals surface area contributed by atoms with E-state index in [4.69, 9.17) is 0 Å². The fraction of sp³-hybridized carbons (Fsp3) is 0.0667. The summed E-state index contributed by atoms with van der Waals surface area (Å²) in [4.78, 5) is 12.0. The largest absolute Gasteiger partial charge is 0.331 e. The molecule has 2 heterocycles. The highest BCUT2D eigenvalue weighted by Gasteiger charge is 2.03. The molecule has 3 nitrogen and oxygen atoms in total. The van der Waals surface area contributed by atoms with Gasteiger partial charge in [0, 0.05) is 16.4 Å². The third-order valence-corrected chi connectivity index (χ3v) is 3.97. The van der Waals surface area contributed by atoms with E-state index in [9.17, 15) is 0 Å². The van der Waals surface area contributed by atoms with Gasteiger partial charge in [0.05, 0.1) is 5.52 Å². The van der Waals surface area contributed by atoms with Gasteiger partial charge in [0.1, 0.15) is 0 Å². The summed E-state index contributed by atoms with van der Waals surface area (Å²) < 4.78 is 0.953. The zero-order valence-corrected chi connectivity index (χ0v) is 13.0. The minimum absolute atomic E-state index is 0.753. The van der Waals surface area contributed by atoms with Crippen molar-refractivity contribution >= 4 is 44.9 Å². The fourth-order valence-electron chi connectivity index (χ4n) is 1.80. The smallest absolute Gasteiger partial charge is 0.178 e. The van der Waals surface area contributed by atoms with Gasteiger partial charge in [0.2, 0.25) is 0 Å². The van der Waals surface area contributed by atoms with Crippen molar-refractivity contribution in [3.05, 3.63) is 58.7 Å². The van der Waals surface area contributed by atoms with Crippen LogP contribution in [0.15, 0.2) is 58.3 Å². The Hall–Kier alpha value is -1.59. The van der Waals surface area contributed by atoms with E-state index in [1.165, 1.54) is 5.56 Å². The van der Waals surface area contributed by atoms with Crippen molar-refractivity contribution in [2.24, 2.45) is 0 Å². The number of benzene rings is 1. The number of aromatic amines is 1. The molecule has 0 radical (unpaired) electrons. The van der Waals surface area contributed by atoms with Crippen LogP contribution in [0.2, 0.25) is 0 Å². The lowest BCUT2D eigenvalue weighted by Crippen LogP contribution is -1.77. The second-order valence-corrected chi connectivity index (χ2v) is 6.12. The number of thioether (sulfide) groups is 1. The Morgan fingerprint density at radius 2 is 2.10 bits per heavy atom. The van der Waals surface area contributed by atoms with E-state index in [1.807, 2.05) is 24.3 Å². The van der Waals surface area contributed by atoms with E-state index in [-0.39, 0.29) is 0 Å². The molecule has 0 atom stereocenters. The number of imidazole rings is 1. The van der Waals surface area contributed by atoms with Gasteiger partial charge in [0.15, 0.2) is 10.8 Å². The van der Waals surface area contributed by atoms with Crippen LogP contribution in [0, 0.1) is 0 Å². The Labute approximate surface area is 129 Å². The number of aromatic nitrogens is 3. The SMILES string of the molecule is Brc1cnc2nc(SCC=Cc3ccccc3)[nH]c2c1. The first-order valence-electron chi connectivity index (χ1n) is 6.17. The van der Waals surface area contributed by atoms with Gasteiger partial charge in [-0.3, -0.25) is 0 Å². The summed E-state index contributed by atoms with van der Waals surface area (Å²) in [6, 6.07) is 12.3. The highest BCUT2D eigenvalue weighted by atomic mass is 79.9. The molecule has 0 unspecified atom stereocenters. The first kappa shape index (κ1) is 13.4. The Balaban J connectivity index is 1.64. The van der Waals surface area contributed by atoms with Gasteiger partial charge in [0.25, 0.3) is 0 Å². The summed E-state index contributed by atoms with van der Waals surface area (Å²) in [7, 11) is 0. The first-order chi connectivity index (χ1) is 9.81. The van der Waals surface area contributed by atoms with Crippen LogP contribution in [0.3, 0.4) is 0 Å².